The summed E-state index contributed by atoms with van der Waals surface area (Å²) in [6, 6.07) is 14.7. The summed E-state index contributed by atoms with van der Waals surface area (Å²) in [5.41, 5.74) is 0.190. The van der Waals surface area contributed by atoms with Crippen molar-refractivity contribution in [1.82, 2.24) is 4.90 Å². The van der Waals surface area contributed by atoms with Crippen LogP contribution in [-0.2, 0) is 14.9 Å². The van der Waals surface area contributed by atoms with Crippen LogP contribution in [0.15, 0.2) is 48.5 Å². The second-order valence-electron chi connectivity index (χ2n) is 9.24. The molecule has 2 aromatic carbocycles. The van der Waals surface area contributed by atoms with Crippen molar-refractivity contribution in [3.05, 3.63) is 59.9 Å². The number of rotatable bonds is 8. The van der Waals surface area contributed by atoms with Gasteiger partial charge in [-0.15, -0.1) is 0 Å². The summed E-state index contributed by atoms with van der Waals surface area (Å²) in [6.07, 6.45) is 5.83. The molecule has 1 amide bonds. The van der Waals surface area contributed by atoms with E-state index in [1.807, 2.05) is 24.3 Å². The number of benzene rings is 2. The summed E-state index contributed by atoms with van der Waals surface area (Å²) in [7, 11) is 0. The monoisotopic (exact) mass is 454 g/mol. The first-order chi connectivity index (χ1) is 16.1. The average molecular weight is 455 g/mol. The van der Waals surface area contributed by atoms with Gasteiger partial charge in [-0.25, -0.2) is 4.39 Å². The van der Waals surface area contributed by atoms with Crippen LogP contribution in [0.1, 0.15) is 51.0 Å². The third kappa shape index (κ3) is 5.74. The van der Waals surface area contributed by atoms with Crippen LogP contribution in [0.25, 0.3) is 0 Å². The molecule has 6 heteroatoms. The number of amides is 1. The summed E-state index contributed by atoms with van der Waals surface area (Å²) in [5.74, 6) is 0.243. The van der Waals surface area contributed by atoms with Gasteiger partial charge in [0.2, 0.25) is 5.91 Å². The zero-order valence-electron chi connectivity index (χ0n) is 19.5. The van der Waals surface area contributed by atoms with E-state index >= 15 is 0 Å². The number of hydrogen-bond acceptors (Lipinski definition) is 4. The van der Waals surface area contributed by atoms with E-state index in [2.05, 4.69) is 17.1 Å². The minimum absolute atomic E-state index is 0.194. The van der Waals surface area contributed by atoms with Crippen LogP contribution in [0, 0.1) is 5.82 Å². The first-order valence-electron chi connectivity index (χ1n) is 12.2. The van der Waals surface area contributed by atoms with E-state index in [9.17, 15) is 9.18 Å². The third-order valence-corrected chi connectivity index (χ3v) is 7.08. The van der Waals surface area contributed by atoms with Crippen LogP contribution in [0.5, 0.6) is 5.75 Å². The van der Waals surface area contributed by atoms with Gasteiger partial charge in [-0.2, -0.15) is 0 Å². The lowest BCUT2D eigenvalue weighted by atomic mass is 9.73. The van der Waals surface area contributed by atoms with Gasteiger partial charge in [0, 0.05) is 37.1 Å². The van der Waals surface area contributed by atoms with Gasteiger partial charge in [0.1, 0.15) is 11.6 Å². The zero-order valence-corrected chi connectivity index (χ0v) is 19.5. The van der Waals surface area contributed by atoms with Crippen LogP contribution < -0.4 is 10.1 Å². The number of ether oxygens (including phenoxy) is 2. The fourth-order valence-electron chi connectivity index (χ4n) is 5.02. The predicted octanol–water partition coefficient (Wildman–Crippen LogP) is 5.16. The summed E-state index contributed by atoms with van der Waals surface area (Å²) >= 11 is 0. The molecular formula is C27H35FN2O3. The Morgan fingerprint density at radius 2 is 1.91 bits per heavy atom. The number of nitrogens with zero attached hydrogens (tertiary/aromatic N) is 1. The number of carbonyl (C=O) groups is 1. The molecule has 2 aliphatic rings. The number of hydrogen-bond donors (Lipinski definition) is 1. The van der Waals surface area contributed by atoms with E-state index in [-0.39, 0.29) is 11.7 Å². The van der Waals surface area contributed by atoms with Crippen LogP contribution >= 0.6 is 0 Å². The van der Waals surface area contributed by atoms with Crippen molar-refractivity contribution in [2.45, 2.75) is 56.9 Å². The Kier molecular flexibility index (Phi) is 7.99. The van der Waals surface area contributed by atoms with E-state index in [4.69, 9.17) is 9.47 Å². The lowest BCUT2D eigenvalue weighted by Gasteiger charge is -2.36. The molecule has 1 atom stereocenters. The molecule has 4 rings (SSSR count). The van der Waals surface area contributed by atoms with Crippen molar-refractivity contribution in [3.8, 4) is 5.75 Å². The molecule has 178 valence electrons. The molecule has 0 bridgehead atoms. The Morgan fingerprint density at radius 3 is 2.64 bits per heavy atom. The topological polar surface area (TPSA) is 50.8 Å². The molecule has 2 aromatic rings. The first kappa shape index (κ1) is 23.7. The van der Waals surface area contributed by atoms with Crippen molar-refractivity contribution in [2.24, 2.45) is 0 Å². The van der Waals surface area contributed by atoms with Crippen molar-refractivity contribution in [2.75, 3.05) is 38.2 Å². The highest BCUT2D eigenvalue weighted by Gasteiger charge is 2.43. The highest BCUT2D eigenvalue weighted by Crippen LogP contribution is 2.37. The third-order valence-electron chi connectivity index (χ3n) is 7.08. The lowest BCUT2D eigenvalue weighted by Crippen LogP contribution is -2.45. The van der Waals surface area contributed by atoms with Gasteiger partial charge in [0.25, 0.3) is 0 Å². The molecule has 5 nitrogen and oxygen atoms in total. The molecular weight excluding hydrogens is 419 g/mol. The number of nitrogens with one attached hydrogen (secondary N) is 1. The van der Waals surface area contributed by atoms with Crippen molar-refractivity contribution in [1.29, 1.82) is 0 Å². The Bertz CT molecular complexity index is 912. The van der Waals surface area contributed by atoms with E-state index < -0.39 is 5.41 Å². The fourth-order valence-corrected chi connectivity index (χ4v) is 5.02. The van der Waals surface area contributed by atoms with E-state index in [0.29, 0.717) is 50.0 Å². The smallest absolute Gasteiger partial charge is 0.235 e. The standard InChI is InChI=1S/C27H35FN2O3/c1-21-7-4-5-16-30(21)17-6-18-33-23-12-10-22(11-13-23)29-26(31)27(14-19-32-20-15-27)24-8-2-3-9-25(24)28/h2-3,8-13,21H,4-7,14-20H2,1H3,(H,29,31). The molecule has 1 N–H and O–H groups in total. The molecule has 0 aromatic heterocycles. The maximum Gasteiger partial charge on any atom is 0.235 e. The molecule has 0 radical (unpaired) electrons. The number of likely N-dealkylation sites (tertiary alicyclic amines) is 1. The van der Waals surface area contributed by atoms with E-state index in [0.717, 1.165) is 18.7 Å². The number of carbonyl (C=O) groups excluding carboxylic acids is 1. The van der Waals surface area contributed by atoms with Crippen LogP contribution in [0.3, 0.4) is 0 Å². The second-order valence-corrected chi connectivity index (χ2v) is 9.24. The zero-order chi connectivity index (χ0) is 23.1. The van der Waals surface area contributed by atoms with Gasteiger partial charge in [0.15, 0.2) is 0 Å². The Morgan fingerprint density at radius 1 is 1.15 bits per heavy atom. The largest absolute Gasteiger partial charge is 0.494 e. The summed E-state index contributed by atoms with van der Waals surface area (Å²) in [6.45, 7) is 6.11. The number of anilines is 1. The maximum atomic E-state index is 14.6. The lowest BCUT2D eigenvalue weighted by molar-refractivity contribution is -0.125. The van der Waals surface area contributed by atoms with Crippen molar-refractivity contribution >= 4 is 11.6 Å². The van der Waals surface area contributed by atoms with Gasteiger partial charge in [-0.05, 0) is 75.9 Å². The molecule has 2 aliphatic heterocycles. The minimum atomic E-state index is -0.926. The highest BCUT2D eigenvalue weighted by atomic mass is 19.1. The van der Waals surface area contributed by atoms with Gasteiger partial charge >= 0.3 is 0 Å². The predicted molar refractivity (Wildman–Crippen MR) is 128 cm³/mol. The first-order valence-corrected chi connectivity index (χ1v) is 12.2. The minimum Gasteiger partial charge on any atom is -0.494 e. The highest BCUT2D eigenvalue weighted by molar-refractivity contribution is 5.99. The van der Waals surface area contributed by atoms with E-state index in [1.54, 1.807) is 18.2 Å². The summed E-state index contributed by atoms with van der Waals surface area (Å²) in [5, 5.41) is 3.00. The maximum absolute atomic E-state index is 14.6. The number of halogens is 1. The fraction of sp³-hybridized carbons (Fsp3) is 0.519. The Hall–Kier alpha value is -2.44. The molecule has 0 aliphatic carbocycles. The van der Waals surface area contributed by atoms with Crippen LogP contribution in [-0.4, -0.2) is 49.8 Å². The molecule has 2 saturated heterocycles. The Labute approximate surface area is 196 Å². The second kappa shape index (κ2) is 11.1. The average Bonchev–Trinajstić information content (AvgIpc) is 2.84. The Balaban J connectivity index is 1.33. The normalized spacial score (nSPS) is 20.8. The molecule has 2 heterocycles. The quantitative estimate of drug-likeness (QED) is 0.560. The molecule has 1 unspecified atom stereocenters. The van der Waals surface area contributed by atoms with Gasteiger partial charge in [0.05, 0.1) is 12.0 Å². The van der Waals surface area contributed by atoms with Crippen molar-refractivity contribution < 1.29 is 18.7 Å². The number of piperidine rings is 1. The molecule has 2 fully saturated rings. The molecule has 33 heavy (non-hydrogen) atoms. The van der Waals surface area contributed by atoms with Crippen LogP contribution in [0.2, 0.25) is 0 Å². The van der Waals surface area contributed by atoms with E-state index in [1.165, 1.54) is 31.9 Å². The van der Waals surface area contributed by atoms with Crippen LogP contribution in [0.4, 0.5) is 10.1 Å². The van der Waals surface area contributed by atoms with Crippen molar-refractivity contribution in [3.63, 3.8) is 0 Å². The SMILES string of the molecule is CC1CCCCN1CCCOc1ccc(NC(=O)C2(c3ccccc3F)CCOCC2)cc1. The summed E-state index contributed by atoms with van der Waals surface area (Å²) < 4.78 is 26.0. The van der Waals surface area contributed by atoms with Gasteiger partial charge < -0.3 is 19.7 Å². The molecule has 0 spiro atoms. The van der Waals surface area contributed by atoms with Gasteiger partial charge in [-0.3, -0.25) is 4.79 Å². The summed E-state index contributed by atoms with van der Waals surface area (Å²) in [4.78, 5) is 15.9. The molecule has 0 saturated carbocycles. The van der Waals surface area contributed by atoms with Gasteiger partial charge in [-0.1, -0.05) is 24.6 Å².